The van der Waals surface area contributed by atoms with Crippen LogP contribution in [0.25, 0.3) is 0 Å². The molecule has 0 aliphatic carbocycles. The van der Waals surface area contributed by atoms with Gasteiger partial charge in [-0.15, -0.1) is 0 Å². The van der Waals surface area contributed by atoms with E-state index in [2.05, 4.69) is 47.2 Å². The zero-order chi connectivity index (χ0) is 73.8. The summed E-state index contributed by atoms with van der Waals surface area (Å²) in [4.78, 5) is 121. The number of nitrogens with two attached hydrogens (primary N) is 2. The van der Waals surface area contributed by atoms with E-state index in [1.807, 2.05) is 13.8 Å². The number of aliphatic hydroxyl groups is 12. The molecule has 0 radical (unpaired) electrons. The van der Waals surface area contributed by atoms with Gasteiger partial charge in [0.25, 0.3) is 0 Å². The number of carbonyl (C=O) groups is 8. The highest BCUT2D eigenvalue weighted by molar-refractivity contribution is 5.98. The molecule has 4 saturated heterocycles. The highest BCUT2D eigenvalue weighted by atomic mass is 16.7. The standard InChI is InChI=1S/C62H90N12O27/c1-24(2)10-15-38(80)100-52-45(84)36(23-95-26(4)78)99-60(50(52)89)101-51-35(22-77)98-59(49(88)47(51)86)96-29-13-11-27(12-14-29)16-30-54(91)72-40(42(81)31-17-66-61(63)70-31)57(94)73-41(43(82)33-18-67-62(64)74(33)58-48(87)46(85)44(83)34(21-76)97-58)56(93)69-32(20-75)53(90)65-19-37(79)71-39(55(92)68-30)25(3)28-8-6-5-7-9-28/h5-9,11-14,24-25,30-36,39-52,58-60,75-77,81-89H,10,15-23H2,1-4H3,(H2,64,67)(H,65,90)(H,68,92)(H,69,93)(H,71,79)(H,72,91)(H,73,94)(H3,63,66,70). The van der Waals surface area contributed by atoms with Crippen LogP contribution in [0.4, 0.5) is 0 Å². The first kappa shape index (κ1) is 78.6. The second kappa shape index (κ2) is 35.2. The Bertz CT molecular complexity index is 3250. The fourth-order valence-corrected chi connectivity index (χ4v) is 12.1. The van der Waals surface area contributed by atoms with Crippen molar-refractivity contribution in [3.8, 4) is 5.75 Å². The highest BCUT2D eigenvalue weighted by Gasteiger charge is 2.55. The molecule has 2 aromatic carbocycles. The van der Waals surface area contributed by atoms with Crippen LogP contribution in [-0.2, 0) is 73.2 Å². The summed E-state index contributed by atoms with van der Waals surface area (Å²) in [5, 5.41) is 151. The minimum absolute atomic E-state index is 0.0805. The number of ether oxygens (including phenoxy) is 7. The van der Waals surface area contributed by atoms with Crippen molar-refractivity contribution in [2.45, 2.75) is 199 Å². The van der Waals surface area contributed by atoms with Crippen LogP contribution in [0.3, 0.4) is 0 Å². The molecule has 6 aliphatic heterocycles. The molecule has 4 fully saturated rings. The largest absolute Gasteiger partial charge is 0.463 e. The minimum Gasteiger partial charge on any atom is -0.463 e. The topological polar surface area (TPSA) is 608 Å². The lowest BCUT2D eigenvalue weighted by Gasteiger charge is -2.46. The molecular weight excluding hydrogens is 1340 g/mol. The molecule has 560 valence electrons. The molecular formula is C62H90N12O27. The van der Waals surface area contributed by atoms with E-state index in [9.17, 15) is 90.0 Å². The van der Waals surface area contributed by atoms with Crippen LogP contribution in [0.5, 0.6) is 5.75 Å². The lowest BCUT2D eigenvalue weighted by atomic mass is 9.92. The first-order chi connectivity index (χ1) is 47.9. The molecule has 39 nitrogen and oxygen atoms in total. The third-order valence-corrected chi connectivity index (χ3v) is 18.0. The maximum Gasteiger partial charge on any atom is 0.306 e. The molecule has 0 spiro atoms. The van der Waals surface area contributed by atoms with Crippen LogP contribution in [0.15, 0.2) is 64.6 Å². The van der Waals surface area contributed by atoms with E-state index < -0.39 is 252 Å². The molecule has 25 atom stereocenters. The molecule has 101 heavy (non-hydrogen) atoms. The Labute approximate surface area is 576 Å². The third-order valence-electron chi connectivity index (χ3n) is 18.0. The van der Waals surface area contributed by atoms with Gasteiger partial charge in [0.15, 0.2) is 30.5 Å². The van der Waals surface area contributed by atoms with Gasteiger partial charge in [0.1, 0.15) is 122 Å². The number of amides is 6. The van der Waals surface area contributed by atoms with E-state index in [1.165, 1.54) is 24.3 Å². The first-order valence-corrected chi connectivity index (χ1v) is 32.6. The molecule has 0 saturated carbocycles. The van der Waals surface area contributed by atoms with Gasteiger partial charge < -0.3 is 148 Å². The summed E-state index contributed by atoms with van der Waals surface area (Å²) < 4.78 is 39.6. The van der Waals surface area contributed by atoms with Gasteiger partial charge in [-0.25, -0.2) is 0 Å². The first-order valence-electron chi connectivity index (χ1n) is 32.6. The number of rotatable bonds is 22. The Hall–Kier alpha value is -8.10. The van der Waals surface area contributed by atoms with Crippen molar-refractivity contribution in [3.63, 3.8) is 0 Å². The predicted molar refractivity (Wildman–Crippen MR) is 341 cm³/mol. The number of hydrogen-bond acceptors (Lipinski definition) is 33. The van der Waals surface area contributed by atoms with Crippen LogP contribution in [0.2, 0.25) is 0 Å². The zero-order valence-electron chi connectivity index (χ0n) is 55.3. The average molecular weight is 1440 g/mol. The van der Waals surface area contributed by atoms with Crippen molar-refractivity contribution in [2.24, 2.45) is 27.4 Å². The molecule has 25 unspecified atom stereocenters. The van der Waals surface area contributed by atoms with Crippen LogP contribution >= 0.6 is 0 Å². The number of aliphatic imine (C=N–C) groups is 2. The maximum atomic E-state index is 15.2. The smallest absolute Gasteiger partial charge is 0.306 e. The van der Waals surface area contributed by atoms with Gasteiger partial charge >= 0.3 is 11.9 Å². The molecule has 0 aromatic heterocycles. The number of carbonyl (C=O) groups excluding carboxylic acids is 8. The summed E-state index contributed by atoms with van der Waals surface area (Å²) >= 11 is 0. The Morgan fingerprint density at radius 3 is 1.89 bits per heavy atom. The monoisotopic (exact) mass is 1430 g/mol. The molecule has 23 N–H and O–H groups in total. The summed E-state index contributed by atoms with van der Waals surface area (Å²) in [7, 11) is 0. The van der Waals surface area contributed by atoms with Gasteiger partial charge in [0, 0.05) is 25.7 Å². The number of nitrogens with one attached hydrogen (secondary N) is 7. The molecule has 39 heteroatoms. The fraction of sp³-hybridized carbons (Fsp3) is 0.645. The summed E-state index contributed by atoms with van der Waals surface area (Å²) in [6.45, 7) is 0.933. The average Bonchev–Trinajstić information content (AvgIpc) is 1.66. The van der Waals surface area contributed by atoms with Gasteiger partial charge in [-0.3, -0.25) is 48.3 Å². The SMILES string of the molecule is CC(=O)OCC1OC(OC2C(CO)OC(Oc3ccc(CC4NC(=O)C(C(C)c5ccccc5)NC(=O)CNC(=O)C(CO)NC(=O)C(C(O)C5CN=C(N)N5C5OC(CO)C(O)C(O)C5O)NC(=O)C(C(O)C5CN=C(N)N5)NC4=O)cc3)C(O)C2O)C(O)C(OC(=O)CCC(C)C)C1O. The van der Waals surface area contributed by atoms with Gasteiger partial charge in [0.2, 0.25) is 41.7 Å². The Kier molecular flexibility index (Phi) is 27.4. The van der Waals surface area contributed by atoms with Crippen LogP contribution < -0.4 is 53.4 Å². The number of benzene rings is 2. The predicted octanol–water partition coefficient (Wildman–Crippen LogP) is -11.1. The number of hydrogen-bond donors (Lipinski definition) is 21. The zero-order valence-corrected chi connectivity index (χ0v) is 55.3. The van der Waals surface area contributed by atoms with E-state index in [0.29, 0.717) is 12.0 Å². The maximum absolute atomic E-state index is 15.2. The van der Waals surface area contributed by atoms with Crippen molar-refractivity contribution in [2.75, 3.05) is 46.1 Å². The van der Waals surface area contributed by atoms with Crippen LogP contribution in [0, 0.1) is 5.92 Å². The van der Waals surface area contributed by atoms with Crippen molar-refractivity contribution in [3.05, 3.63) is 65.7 Å². The van der Waals surface area contributed by atoms with E-state index in [-0.39, 0.29) is 36.2 Å². The van der Waals surface area contributed by atoms with E-state index >= 15 is 9.59 Å². The number of aliphatic hydroxyl groups excluding tert-OH is 12. The van der Waals surface area contributed by atoms with Crippen molar-refractivity contribution < 1.29 is 133 Å². The number of nitrogens with zero attached hydrogens (tertiary/aromatic N) is 3. The van der Waals surface area contributed by atoms with Crippen molar-refractivity contribution in [1.82, 2.24) is 42.1 Å². The van der Waals surface area contributed by atoms with Crippen LogP contribution in [0.1, 0.15) is 57.6 Å². The Morgan fingerprint density at radius 2 is 1.26 bits per heavy atom. The van der Waals surface area contributed by atoms with E-state index in [0.717, 1.165) is 11.8 Å². The van der Waals surface area contributed by atoms with Crippen molar-refractivity contribution >= 4 is 59.3 Å². The third kappa shape index (κ3) is 19.2. The van der Waals surface area contributed by atoms with E-state index in [4.69, 9.17) is 44.6 Å². The Morgan fingerprint density at radius 1 is 0.624 bits per heavy atom. The number of guanidine groups is 2. The minimum atomic E-state index is -2.36. The summed E-state index contributed by atoms with van der Waals surface area (Å²) in [5.74, 6) is -10.6. The Balaban J connectivity index is 1.08. The fourth-order valence-electron chi connectivity index (χ4n) is 12.1. The second-order valence-electron chi connectivity index (χ2n) is 25.6. The van der Waals surface area contributed by atoms with E-state index in [1.54, 1.807) is 37.3 Å². The van der Waals surface area contributed by atoms with Gasteiger partial charge in [-0.1, -0.05) is 63.2 Å². The van der Waals surface area contributed by atoms with Crippen LogP contribution in [-0.4, -0.2) is 318 Å². The normalized spacial score (nSPS) is 34.9. The molecule has 6 amide bonds. The molecule has 6 heterocycles. The highest BCUT2D eigenvalue weighted by Crippen LogP contribution is 2.34. The van der Waals surface area contributed by atoms with Crippen molar-refractivity contribution in [1.29, 1.82) is 0 Å². The van der Waals surface area contributed by atoms with Gasteiger partial charge in [0.05, 0.1) is 51.5 Å². The molecule has 6 aliphatic rings. The lowest BCUT2D eigenvalue weighted by Crippen LogP contribution is -2.70. The molecule has 0 bridgehead atoms. The molecule has 2 aromatic rings. The summed E-state index contributed by atoms with van der Waals surface area (Å²) in [6.07, 6.45) is -31.8. The number of esters is 2. The molecule has 8 rings (SSSR count). The van der Waals surface area contributed by atoms with Gasteiger partial charge in [-0.2, -0.15) is 0 Å². The quantitative estimate of drug-likeness (QED) is 0.0487. The second-order valence-corrected chi connectivity index (χ2v) is 25.6. The summed E-state index contributed by atoms with van der Waals surface area (Å²) in [6, 6.07) is 0.664. The van der Waals surface area contributed by atoms with Gasteiger partial charge in [-0.05, 0) is 35.6 Å². The summed E-state index contributed by atoms with van der Waals surface area (Å²) in [5.41, 5.74) is 12.8. The lowest BCUT2D eigenvalue weighted by molar-refractivity contribution is -0.353.